The number of alkyl halides is 3. The molecule has 0 aliphatic heterocycles. The van der Waals surface area contributed by atoms with Crippen molar-refractivity contribution in [2.75, 3.05) is 40.4 Å². The summed E-state index contributed by atoms with van der Waals surface area (Å²) < 4.78 is 11.4. The van der Waals surface area contributed by atoms with E-state index < -0.39 is 58.0 Å². The fourth-order valence-electron chi connectivity index (χ4n) is 6.84. The molecular formula is C50H49Cl5N8O8. The van der Waals surface area contributed by atoms with Crippen LogP contribution in [0.3, 0.4) is 0 Å². The second kappa shape index (κ2) is 26.1. The van der Waals surface area contributed by atoms with Gasteiger partial charge < -0.3 is 30.7 Å². The van der Waals surface area contributed by atoms with Crippen molar-refractivity contribution < 1.29 is 38.2 Å². The number of carbonyl (C=O) groups excluding carboxylic acids is 6. The summed E-state index contributed by atoms with van der Waals surface area (Å²) in [5, 5.41) is 26.5. The first-order valence-electron chi connectivity index (χ1n) is 22.0. The van der Waals surface area contributed by atoms with Crippen LogP contribution in [0.4, 0.5) is 34.1 Å². The Hall–Kier alpha value is -6.43. The molecule has 21 heteroatoms. The van der Waals surface area contributed by atoms with Gasteiger partial charge in [0, 0.05) is 17.3 Å². The molecule has 4 atom stereocenters. The Morgan fingerprint density at radius 3 is 1.45 bits per heavy atom. The number of hydrogen-bond acceptors (Lipinski definition) is 12. The Kier molecular flexibility index (Phi) is 20.4. The summed E-state index contributed by atoms with van der Waals surface area (Å²) >= 11 is 31.8. The molecule has 71 heavy (non-hydrogen) atoms. The number of halogens is 5. The molecule has 0 aliphatic carbocycles. The second-order valence-corrected chi connectivity index (χ2v) is 18.0. The van der Waals surface area contributed by atoms with Crippen molar-refractivity contribution in [1.29, 1.82) is 0 Å². The zero-order valence-corrected chi connectivity index (χ0v) is 43.0. The van der Waals surface area contributed by atoms with Crippen LogP contribution in [-0.4, -0.2) is 66.4 Å². The van der Waals surface area contributed by atoms with Gasteiger partial charge >= 0.3 is 0 Å². The third-order valence-electron chi connectivity index (χ3n) is 10.3. The predicted octanol–water partition coefficient (Wildman–Crippen LogP) is 13.0. The standard InChI is InChI=1S/C50H49Cl5N8O8/c1-7-70-41-13-9-11-34(26(3)52)45(41)58-47(66)36-24-32(15-18-38(36)54)60-62-43(28(5)64)49(68)56-31-17-20-40(30(23-31)21-22-51)57-50(69)44(29(6)65)63-61-33-16-19-39(55)37(25-33)48(67)59-46-35(27(4)53)12-10-14-42(46)71-8-2/h9-20,23-27,43-44H,7-8,21-22H2,1-6H3,(H,56,68)(H,57,69)(H,58,66)(H,59,67). The van der Waals surface area contributed by atoms with Crippen molar-refractivity contribution >= 4 is 127 Å². The summed E-state index contributed by atoms with van der Waals surface area (Å²) in [6, 6.07) is 20.2. The highest BCUT2D eigenvalue weighted by atomic mass is 35.5. The topological polar surface area (TPSA) is 218 Å². The van der Waals surface area contributed by atoms with Crippen molar-refractivity contribution in [3.63, 3.8) is 0 Å². The van der Waals surface area contributed by atoms with E-state index in [1.54, 1.807) is 64.1 Å². The molecule has 5 rings (SSSR count). The van der Waals surface area contributed by atoms with E-state index in [-0.39, 0.29) is 56.2 Å². The number of hydrogen-bond donors (Lipinski definition) is 4. The fourth-order valence-corrected chi connectivity index (χ4v) is 7.81. The molecule has 0 spiro atoms. The van der Waals surface area contributed by atoms with Crippen molar-refractivity contribution in [2.24, 2.45) is 20.5 Å². The van der Waals surface area contributed by atoms with Gasteiger partial charge in [-0.15, -0.1) is 34.8 Å². The minimum atomic E-state index is -1.62. The SMILES string of the molecule is CCOc1cccc(C(C)Cl)c1NC(=O)c1cc(N=NC(C(C)=O)C(=O)Nc2ccc(NC(=O)C(N=Nc3ccc(Cl)c(C(=O)Nc4c(OCC)cccc4C(C)Cl)c3)C(C)=O)c(CCCl)c2)ccc1Cl. The third-order valence-corrected chi connectivity index (χ3v) is 11.6. The lowest BCUT2D eigenvalue weighted by Crippen LogP contribution is -2.32. The number of Topliss-reactive ketones (excluding diaryl/α,β-unsaturated/α-hetero) is 2. The van der Waals surface area contributed by atoms with Crippen molar-refractivity contribution in [3.8, 4) is 11.5 Å². The first kappa shape index (κ1) is 55.5. The number of ketones is 2. The van der Waals surface area contributed by atoms with E-state index in [2.05, 4.69) is 41.7 Å². The van der Waals surface area contributed by atoms with Crippen LogP contribution in [0.25, 0.3) is 0 Å². The number of carbonyl (C=O) groups is 6. The summed E-state index contributed by atoms with van der Waals surface area (Å²) in [7, 11) is 0. The van der Waals surface area contributed by atoms with Gasteiger partial charge in [-0.3, -0.25) is 28.8 Å². The molecule has 0 fully saturated rings. The Morgan fingerprint density at radius 1 is 0.592 bits per heavy atom. The lowest BCUT2D eigenvalue weighted by atomic mass is 10.1. The molecule has 0 bridgehead atoms. The van der Waals surface area contributed by atoms with E-state index in [4.69, 9.17) is 67.5 Å². The lowest BCUT2D eigenvalue weighted by Gasteiger charge is -2.17. The van der Waals surface area contributed by atoms with E-state index in [1.165, 1.54) is 68.4 Å². The number of azo groups is 2. The average Bonchev–Trinajstić information content (AvgIpc) is 3.31. The van der Waals surface area contributed by atoms with Gasteiger partial charge in [-0.1, -0.05) is 47.5 Å². The summed E-state index contributed by atoms with van der Waals surface area (Å²) in [6.07, 6.45) is 0.203. The quantitative estimate of drug-likeness (QED) is 0.0296. The Balaban J connectivity index is 1.30. The summed E-state index contributed by atoms with van der Waals surface area (Å²) in [5.74, 6) is -3.21. The molecule has 0 heterocycles. The summed E-state index contributed by atoms with van der Waals surface area (Å²) in [6.45, 7) is 10.1. The van der Waals surface area contributed by atoms with Gasteiger partial charge in [-0.05, 0) is 131 Å². The zero-order chi connectivity index (χ0) is 51.9. The first-order chi connectivity index (χ1) is 33.9. The van der Waals surface area contributed by atoms with Crippen LogP contribution in [0.5, 0.6) is 11.5 Å². The molecule has 0 saturated heterocycles. The summed E-state index contributed by atoms with van der Waals surface area (Å²) in [4.78, 5) is 79.7. The number of nitrogens with zero attached hydrogens (tertiary/aromatic N) is 4. The van der Waals surface area contributed by atoms with Crippen molar-refractivity contribution in [2.45, 2.75) is 70.8 Å². The Morgan fingerprint density at radius 2 is 1.04 bits per heavy atom. The molecule has 5 aromatic carbocycles. The average molecular weight is 1070 g/mol. The lowest BCUT2D eigenvalue weighted by molar-refractivity contribution is -0.127. The number of nitrogens with one attached hydrogen (secondary N) is 4. The maximum absolute atomic E-state index is 13.6. The minimum absolute atomic E-state index is 0.0248. The highest BCUT2D eigenvalue weighted by molar-refractivity contribution is 6.35. The van der Waals surface area contributed by atoms with Crippen LogP contribution >= 0.6 is 58.0 Å². The molecule has 0 saturated carbocycles. The van der Waals surface area contributed by atoms with Crippen LogP contribution in [0.1, 0.15) is 89.7 Å². The third kappa shape index (κ3) is 14.8. The number of amides is 4. The highest BCUT2D eigenvalue weighted by Crippen LogP contribution is 2.38. The molecule has 4 N–H and O–H groups in total. The maximum Gasteiger partial charge on any atom is 0.258 e. The van der Waals surface area contributed by atoms with E-state index in [1.807, 2.05) is 0 Å². The predicted molar refractivity (Wildman–Crippen MR) is 279 cm³/mol. The van der Waals surface area contributed by atoms with Gasteiger partial charge in [0.1, 0.15) is 11.5 Å². The van der Waals surface area contributed by atoms with Crippen LogP contribution in [0.2, 0.25) is 10.0 Å². The number of aryl methyl sites for hydroxylation is 1. The molecule has 4 unspecified atom stereocenters. The van der Waals surface area contributed by atoms with Gasteiger partial charge in [0.2, 0.25) is 12.1 Å². The van der Waals surface area contributed by atoms with Crippen molar-refractivity contribution in [3.05, 3.63) is 129 Å². The van der Waals surface area contributed by atoms with E-state index in [0.717, 1.165) is 0 Å². The fraction of sp³-hybridized carbons (Fsp3) is 0.280. The Labute approximate surface area is 435 Å². The van der Waals surface area contributed by atoms with E-state index in [0.29, 0.717) is 52.8 Å². The van der Waals surface area contributed by atoms with E-state index >= 15 is 0 Å². The van der Waals surface area contributed by atoms with Crippen LogP contribution in [-0.2, 0) is 25.6 Å². The zero-order valence-electron chi connectivity index (χ0n) is 39.2. The number of benzene rings is 5. The number of ether oxygens (including phenoxy) is 2. The second-order valence-electron chi connectivity index (χ2n) is 15.5. The largest absolute Gasteiger partial charge is 0.492 e. The number of para-hydroxylation sites is 2. The molecule has 16 nitrogen and oxygen atoms in total. The summed E-state index contributed by atoms with van der Waals surface area (Å²) in [5.41, 5.74) is 3.20. The molecule has 5 aromatic rings. The number of anilines is 4. The number of rotatable bonds is 22. The molecule has 0 aromatic heterocycles. The first-order valence-corrected chi connectivity index (χ1v) is 24.2. The highest BCUT2D eigenvalue weighted by Gasteiger charge is 2.27. The monoisotopic (exact) mass is 1060 g/mol. The Bertz CT molecular complexity index is 2880. The maximum atomic E-state index is 13.6. The van der Waals surface area contributed by atoms with Crippen LogP contribution in [0.15, 0.2) is 111 Å². The van der Waals surface area contributed by atoms with Gasteiger partial charge in [0.25, 0.3) is 23.6 Å². The molecule has 4 amide bonds. The van der Waals surface area contributed by atoms with Crippen LogP contribution < -0.4 is 30.7 Å². The molecule has 372 valence electrons. The normalized spacial score (nSPS) is 12.9. The molecule has 0 aliphatic rings. The molecular weight excluding hydrogens is 1020 g/mol. The van der Waals surface area contributed by atoms with Gasteiger partial charge in [-0.25, -0.2) is 0 Å². The van der Waals surface area contributed by atoms with Gasteiger partial charge in [0.15, 0.2) is 11.6 Å². The van der Waals surface area contributed by atoms with Gasteiger partial charge in [-0.2, -0.15) is 20.5 Å². The molecule has 0 radical (unpaired) electrons. The van der Waals surface area contributed by atoms with Crippen LogP contribution in [0, 0.1) is 0 Å². The smallest absolute Gasteiger partial charge is 0.258 e. The minimum Gasteiger partial charge on any atom is -0.492 e. The van der Waals surface area contributed by atoms with E-state index in [9.17, 15) is 28.8 Å². The van der Waals surface area contributed by atoms with Crippen molar-refractivity contribution in [1.82, 2.24) is 0 Å². The van der Waals surface area contributed by atoms with Gasteiger partial charge in [0.05, 0.1) is 67.9 Å².